The summed E-state index contributed by atoms with van der Waals surface area (Å²) in [5.74, 6) is 1.66. The monoisotopic (exact) mass is 396 g/mol. The van der Waals surface area contributed by atoms with Crippen LogP contribution in [0.4, 0.5) is 0 Å². The quantitative estimate of drug-likeness (QED) is 0.647. The lowest BCUT2D eigenvalue weighted by Gasteiger charge is -2.27. The van der Waals surface area contributed by atoms with Gasteiger partial charge in [0.2, 0.25) is 0 Å². The van der Waals surface area contributed by atoms with Gasteiger partial charge in [0.25, 0.3) is 0 Å². The first-order valence-corrected chi connectivity index (χ1v) is 9.88. The molecule has 29 heavy (non-hydrogen) atoms. The summed E-state index contributed by atoms with van der Waals surface area (Å²) in [4.78, 5) is 13.4. The average Bonchev–Trinajstić information content (AvgIpc) is 2.72. The number of aromatic hydroxyl groups is 1. The molecule has 0 fully saturated rings. The molecular weight excluding hydrogens is 370 g/mol. The van der Waals surface area contributed by atoms with E-state index in [-0.39, 0.29) is 11.4 Å². The molecule has 6 nitrogen and oxygen atoms in total. The summed E-state index contributed by atoms with van der Waals surface area (Å²) in [6, 6.07) is 9.19. The number of methoxy groups -OCH3 is 2. The highest BCUT2D eigenvalue weighted by molar-refractivity contribution is 5.82. The van der Waals surface area contributed by atoms with Crippen LogP contribution in [0.2, 0.25) is 0 Å². The molecule has 1 aliphatic heterocycles. The second kappa shape index (κ2) is 7.79. The van der Waals surface area contributed by atoms with Gasteiger partial charge in [-0.25, -0.2) is 4.79 Å². The Labute approximate surface area is 169 Å². The van der Waals surface area contributed by atoms with Crippen molar-refractivity contribution in [3.63, 3.8) is 0 Å². The van der Waals surface area contributed by atoms with Crippen molar-refractivity contribution in [3.05, 3.63) is 63.0 Å². The Kier molecular flexibility index (Phi) is 5.20. The molecule has 0 amide bonds. The van der Waals surface area contributed by atoms with Gasteiger partial charge in [-0.3, -0.25) is 0 Å². The van der Waals surface area contributed by atoms with Crippen LogP contribution in [0, 0.1) is 0 Å². The highest BCUT2D eigenvalue weighted by Crippen LogP contribution is 2.31. The van der Waals surface area contributed by atoms with Gasteiger partial charge in [0.05, 0.1) is 20.8 Å². The zero-order valence-corrected chi connectivity index (χ0v) is 17.0. The zero-order valence-electron chi connectivity index (χ0n) is 17.0. The first-order chi connectivity index (χ1) is 14.0. The van der Waals surface area contributed by atoms with Gasteiger partial charge in [-0.05, 0) is 35.7 Å². The van der Waals surface area contributed by atoms with Crippen LogP contribution in [-0.2, 0) is 25.9 Å². The maximum Gasteiger partial charge on any atom is 0.336 e. The summed E-state index contributed by atoms with van der Waals surface area (Å²) in [6.45, 7) is 4.51. The maximum atomic E-state index is 12.1. The normalized spacial score (nSPS) is 15.9. The predicted octanol–water partition coefficient (Wildman–Crippen LogP) is 2.22. The Hall–Kier alpha value is -2.99. The van der Waals surface area contributed by atoms with Crippen molar-refractivity contribution in [2.75, 3.05) is 20.8 Å². The number of rotatable bonds is 5. The van der Waals surface area contributed by atoms with E-state index in [2.05, 4.69) is 12.1 Å². The number of ether oxygens (including phenoxy) is 2. The predicted molar refractivity (Wildman–Crippen MR) is 110 cm³/mol. The van der Waals surface area contributed by atoms with E-state index in [9.17, 15) is 9.90 Å². The molecular formula is C23H26NO5+. The lowest BCUT2D eigenvalue weighted by Crippen LogP contribution is -3.10. The number of hydrogen-bond acceptors (Lipinski definition) is 5. The van der Waals surface area contributed by atoms with E-state index in [4.69, 9.17) is 13.9 Å². The number of benzene rings is 2. The Morgan fingerprint density at radius 1 is 1.03 bits per heavy atom. The van der Waals surface area contributed by atoms with Gasteiger partial charge in [-0.15, -0.1) is 0 Å². The Balaban J connectivity index is 1.67. The fourth-order valence-electron chi connectivity index (χ4n) is 4.19. The van der Waals surface area contributed by atoms with Crippen LogP contribution in [0.25, 0.3) is 11.0 Å². The molecule has 0 bridgehead atoms. The molecule has 1 aliphatic rings. The number of fused-ring (bicyclic) bond motifs is 2. The highest BCUT2D eigenvalue weighted by atomic mass is 16.5. The zero-order chi connectivity index (χ0) is 20.5. The van der Waals surface area contributed by atoms with Crippen LogP contribution in [-0.4, -0.2) is 25.9 Å². The minimum Gasteiger partial charge on any atom is -0.508 e. The van der Waals surface area contributed by atoms with Crippen molar-refractivity contribution in [1.82, 2.24) is 0 Å². The third-order valence-corrected chi connectivity index (χ3v) is 5.74. The van der Waals surface area contributed by atoms with Gasteiger partial charge in [-0.1, -0.05) is 6.92 Å². The topological polar surface area (TPSA) is 73.3 Å². The van der Waals surface area contributed by atoms with E-state index < -0.39 is 0 Å². The van der Waals surface area contributed by atoms with Crippen LogP contribution >= 0.6 is 0 Å². The molecule has 3 aromatic rings. The van der Waals surface area contributed by atoms with E-state index in [0.29, 0.717) is 18.5 Å². The van der Waals surface area contributed by atoms with Crippen LogP contribution in [0.1, 0.15) is 29.2 Å². The molecule has 0 aliphatic carbocycles. The van der Waals surface area contributed by atoms with Crippen molar-refractivity contribution in [2.45, 2.75) is 32.9 Å². The number of hydrogen-bond donors (Lipinski definition) is 2. The fourth-order valence-corrected chi connectivity index (χ4v) is 4.19. The maximum absolute atomic E-state index is 12.1. The van der Waals surface area contributed by atoms with Crippen molar-refractivity contribution in [2.24, 2.45) is 0 Å². The lowest BCUT2D eigenvalue weighted by atomic mass is 9.97. The third kappa shape index (κ3) is 3.68. The largest absolute Gasteiger partial charge is 0.508 e. The summed E-state index contributed by atoms with van der Waals surface area (Å²) >= 11 is 0. The fraction of sp³-hybridized carbons (Fsp3) is 0.348. The number of aryl methyl sites for hydroxylation is 1. The van der Waals surface area contributed by atoms with E-state index in [1.54, 1.807) is 26.4 Å². The molecule has 2 aromatic carbocycles. The summed E-state index contributed by atoms with van der Waals surface area (Å²) < 4.78 is 16.2. The highest BCUT2D eigenvalue weighted by Gasteiger charge is 2.23. The summed E-state index contributed by atoms with van der Waals surface area (Å²) in [5, 5.41) is 11.0. The van der Waals surface area contributed by atoms with Crippen LogP contribution in [0.3, 0.4) is 0 Å². The van der Waals surface area contributed by atoms with Crippen molar-refractivity contribution >= 4 is 11.0 Å². The summed E-state index contributed by atoms with van der Waals surface area (Å²) in [7, 11) is 3.30. The first kappa shape index (κ1) is 19.3. The van der Waals surface area contributed by atoms with Crippen LogP contribution in [0.15, 0.2) is 39.5 Å². The molecule has 0 saturated carbocycles. The lowest BCUT2D eigenvalue weighted by molar-refractivity contribution is -0.929. The third-order valence-electron chi connectivity index (χ3n) is 5.74. The summed E-state index contributed by atoms with van der Waals surface area (Å²) in [6.07, 6.45) is 1.65. The Bertz CT molecular complexity index is 1120. The Morgan fingerprint density at radius 3 is 2.45 bits per heavy atom. The number of quaternary nitrogens is 1. The van der Waals surface area contributed by atoms with Gasteiger partial charge in [0.15, 0.2) is 11.5 Å². The minimum atomic E-state index is -0.389. The van der Waals surface area contributed by atoms with Gasteiger partial charge in [0.1, 0.15) is 24.4 Å². The second-order valence-electron chi connectivity index (χ2n) is 7.50. The van der Waals surface area contributed by atoms with Gasteiger partial charge in [0, 0.05) is 35.1 Å². The second-order valence-corrected chi connectivity index (χ2v) is 7.50. The molecule has 0 spiro atoms. The van der Waals surface area contributed by atoms with Crippen molar-refractivity contribution in [3.8, 4) is 17.2 Å². The van der Waals surface area contributed by atoms with Crippen molar-refractivity contribution in [1.29, 1.82) is 0 Å². The molecule has 2 N–H and O–H groups in total. The molecule has 1 atom stereocenters. The molecule has 2 heterocycles. The molecule has 0 saturated heterocycles. The van der Waals surface area contributed by atoms with Crippen LogP contribution < -0.4 is 20.0 Å². The molecule has 0 radical (unpaired) electrons. The first-order valence-electron chi connectivity index (χ1n) is 9.88. The number of phenolic OH excluding ortho intramolecular Hbond substituents is 1. The molecule has 4 rings (SSSR count). The van der Waals surface area contributed by atoms with Gasteiger partial charge in [-0.2, -0.15) is 0 Å². The molecule has 6 heteroatoms. The number of nitrogens with one attached hydrogen (secondary N) is 1. The SMILES string of the molecule is CCc1cc2c(C[NH+]3CCc4cc(OC)c(OC)cc4C3)cc(=O)oc2cc1O. The minimum absolute atomic E-state index is 0.167. The van der Waals surface area contributed by atoms with E-state index in [1.807, 2.05) is 13.0 Å². The Morgan fingerprint density at radius 2 is 1.76 bits per heavy atom. The van der Waals surface area contributed by atoms with Crippen LogP contribution in [0.5, 0.6) is 17.2 Å². The standard InChI is InChI=1S/C23H25NO5/c1-4-14-7-18-17(10-23(26)29-20(18)11-19(14)25)13-24-6-5-15-8-21(27-2)22(28-3)9-16(15)12-24/h7-11,25H,4-6,12-13H2,1-3H3/p+1. The summed E-state index contributed by atoms with van der Waals surface area (Å²) in [5.41, 5.74) is 4.36. The molecule has 1 unspecified atom stereocenters. The smallest absolute Gasteiger partial charge is 0.336 e. The molecule has 1 aromatic heterocycles. The average molecular weight is 396 g/mol. The number of phenols is 1. The van der Waals surface area contributed by atoms with Crippen molar-refractivity contribution < 1.29 is 23.9 Å². The van der Waals surface area contributed by atoms with Gasteiger partial charge >= 0.3 is 5.63 Å². The van der Waals surface area contributed by atoms with E-state index in [1.165, 1.54) is 16.0 Å². The van der Waals surface area contributed by atoms with E-state index in [0.717, 1.165) is 47.5 Å². The van der Waals surface area contributed by atoms with Gasteiger partial charge < -0.3 is 23.9 Å². The molecule has 152 valence electrons. The van der Waals surface area contributed by atoms with E-state index >= 15 is 0 Å².